The van der Waals surface area contributed by atoms with Crippen LogP contribution < -0.4 is 15.8 Å². The van der Waals surface area contributed by atoms with Crippen molar-refractivity contribution < 1.29 is 17.5 Å². The van der Waals surface area contributed by atoms with Gasteiger partial charge in [0.25, 0.3) is 0 Å². The number of rotatable bonds is 4. The topological polar surface area (TPSA) is 136 Å². The van der Waals surface area contributed by atoms with Crippen LogP contribution in [0.25, 0.3) is 10.9 Å². The smallest absolute Gasteiger partial charge is 0.239 e. The number of ether oxygens (including phenoxy) is 1. The first-order chi connectivity index (χ1) is 14.3. The van der Waals surface area contributed by atoms with Crippen LogP contribution in [0, 0.1) is 5.82 Å². The fourth-order valence-electron chi connectivity index (χ4n) is 3.03. The number of fused-ring (bicyclic) bond motifs is 1. The predicted molar refractivity (Wildman–Crippen MR) is 109 cm³/mol. The minimum atomic E-state index is -3.70. The lowest BCUT2D eigenvalue weighted by Crippen LogP contribution is -2.45. The normalized spacial score (nSPS) is 18.2. The number of methoxy groups -OCH3 is 1. The van der Waals surface area contributed by atoms with E-state index >= 15 is 0 Å². The van der Waals surface area contributed by atoms with E-state index in [-0.39, 0.29) is 17.3 Å². The highest BCUT2D eigenvalue weighted by Gasteiger charge is 2.32. The molecule has 0 saturated heterocycles. The molecule has 4 heterocycles. The molecule has 0 spiro atoms. The van der Waals surface area contributed by atoms with Gasteiger partial charge in [-0.2, -0.15) is 0 Å². The molecule has 0 bridgehead atoms. The largest absolute Gasteiger partial charge is 0.495 e. The number of nitrogens with zero attached hydrogens (tertiary/aromatic N) is 5. The van der Waals surface area contributed by atoms with Crippen molar-refractivity contribution in [3.05, 3.63) is 48.2 Å². The maximum absolute atomic E-state index is 14.5. The van der Waals surface area contributed by atoms with Gasteiger partial charge in [0, 0.05) is 24.2 Å². The van der Waals surface area contributed by atoms with Gasteiger partial charge in [0.1, 0.15) is 22.9 Å². The average molecular weight is 431 g/mol. The van der Waals surface area contributed by atoms with Gasteiger partial charge in [-0.15, -0.1) is 0 Å². The Balaban J connectivity index is 1.71. The van der Waals surface area contributed by atoms with E-state index < -0.39 is 27.6 Å². The van der Waals surface area contributed by atoms with Gasteiger partial charge < -0.3 is 15.8 Å². The van der Waals surface area contributed by atoms with E-state index in [1.54, 1.807) is 31.6 Å². The van der Waals surface area contributed by atoms with Gasteiger partial charge in [-0.25, -0.2) is 37.1 Å². The Bertz CT molecular complexity index is 1270. The van der Waals surface area contributed by atoms with Gasteiger partial charge >= 0.3 is 0 Å². The lowest BCUT2D eigenvalue weighted by molar-refractivity contribution is 0.414. The number of nitrogens with two attached hydrogens (primary N) is 1. The maximum Gasteiger partial charge on any atom is 0.239 e. The van der Waals surface area contributed by atoms with Crippen LogP contribution in [0.5, 0.6) is 5.75 Å². The molecule has 12 heteroatoms. The third kappa shape index (κ3) is 3.56. The Morgan fingerprint density at radius 1 is 1.27 bits per heavy atom. The summed E-state index contributed by atoms with van der Waals surface area (Å²) in [6.45, 7) is 0. The molecule has 0 radical (unpaired) electrons. The molecule has 1 atom stereocenters. The Hall–Kier alpha value is -3.54. The van der Waals surface area contributed by atoms with E-state index in [9.17, 15) is 12.8 Å². The molecule has 156 valence electrons. The highest BCUT2D eigenvalue weighted by atomic mass is 32.2. The Labute approximate surface area is 171 Å². The standard InChI is InChI=1S/C18H18FN7O3S/c1-26-18(20)24-14(9-30(26,27)28)12-6-15(22-8-13(12)19)25-17-16-10(3-4-21-17)5-11(29-2)7-23-16/h3-8,14H,9H2,1-2H3,(H2,20,24)(H,21,22,25). The molecule has 4 rings (SSSR count). The van der Waals surface area contributed by atoms with Crippen LogP contribution in [0.3, 0.4) is 0 Å². The van der Waals surface area contributed by atoms with Gasteiger partial charge in [-0.1, -0.05) is 0 Å². The minimum absolute atomic E-state index is 0.0574. The van der Waals surface area contributed by atoms with Crippen molar-refractivity contribution in [2.75, 3.05) is 25.2 Å². The number of nitrogens with one attached hydrogen (secondary N) is 1. The number of guanidine groups is 1. The summed E-state index contributed by atoms with van der Waals surface area (Å²) < 4.78 is 45.0. The van der Waals surface area contributed by atoms with E-state index in [0.29, 0.717) is 17.1 Å². The van der Waals surface area contributed by atoms with Crippen LogP contribution in [0.15, 0.2) is 41.8 Å². The lowest BCUT2D eigenvalue weighted by atomic mass is 10.1. The van der Waals surface area contributed by atoms with E-state index in [4.69, 9.17) is 10.5 Å². The maximum atomic E-state index is 14.5. The number of aliphatic imine (C=N–C) groups is 1. The van der Waals surface area contributed by atoms with E-state index in [1.807, 2.05) is 0 Å². The first-order valence-corrected chi connectivity index (χ1v) is 10.4. The van der Waals surface area contributed by atoms with Crippen molar-refractivity contribution in [3.8, 4) is 5.75 Å². The van der Waals surface area contributed by atoms with Gasteiger partial charge in [0.05, 0.1) is 31.3 Å². The summed E-state index contributed by atoms with van der Waals surface area (Å²) >= 11 is 0. The molecule has 1 aliphatic heterocycles. The van der Waals surface area contributed by atoms with Crippen LogP contribution in [0.1, 0.15) is 11.6 Å². The van der Waals surface area contributed by atoms with Crippen molar-refractivity contribution in [1.82, 2.24) is 19.3 Å². The van der Waals surface area contributed by atoms with Crippen LogP contribution in [-0.2, 0) is 10.0 Å². The molecule has 30 heavy (non-hydrogen) atoms. The number of aromatic nitrogens is 3. The second kappa shape index (κ2) is 7.37. The third-order valence-corrected chi connectivity index (χ3v) is 6.46. The van der Waals surface area contributed by atoms with Crippen molar-refractivity contribution in [1.29, 1.82) is 0 Å². The Morgan fingerprint density at radius 3 is 2.80 bits per heavy atom. The Morgan fingerprint density at radius 2 is 2.07 bits per heavy atom. The van der Waals surface area contributed by atoms with Crippen molar-refractivity contribution in [3.63, 3.8) is 0 Å². The summed E-state index contributed by atoms with van der Waals surface area (Å²) in [5, 5.41) is 3.79. The summed E-state index contributed by atoms with van der Waals surface area (Å²) in [6, 6.07) is 3.99. The van der Waals surface area contributed by atoms with Crippen LogP contribution in [-0.4, -0.2) is 53.5 Å². The van der Waals surface area contributed by atoms with Crippen molar-refractivity contribution in [2.24, 2.45) is 10.7 Å². The third-order valence-electron chi connectivity index (χ3n) is 4.70. The highest BCUT2D eigenvalue weighted by molar-refractivity contribution is 7.89. The number of halogens is 1. The molecule has 0 aromatic carbocycles. The summed E-state index contributed by atoms with van der Waals surface area (Å²) in [4.78, 5) is 16.7. The van der Waals surface area contributed by atoms with Crippen molar-refractivity contribution >= 4 is 38.5 Å². The number of pyridine rings is 3. The first-order valence-electron chi connectivity index (χ1n) is 8.79. The van der Waals surface area contributed by atoms with Gasteiger partial charge in [-0.05, 0) is 18.2 Å². The lowest BCUT2D eigenvalue weighted by Gasteiger charge is -2.27. The first kappa shape index (κ1) is 19.8. The van der Waals surface area contributed by atoms with Crippen molar-refractivity contribution in [2.45, 2.75) is 6.04 Å². The molecular formula is C18H18FN7O3S. The number of anilines is 2. The van der Waals surface area contributed by atoms with E-state index in [1.165, 1.54) is 13.1 Å². The molecule has 1 unspecified atom stereocenters. The summed E-state index contributed by atoms with van der Waals surface area (Å²) in [5.74, 6) is -0.0335. The van der Waals surface area contributed by atoms with Gasteiger partial charge in [0.15, 0.2) is 5.82 Å². The van der Waals surface area contributed by atoms with Gasteiger partial charge in [0.2, 0.25) is 16.0 Å². The molecule has 0 aliphatic carbocycles. The molecule has 3 aromatic rings. The van der Waals surface area contributed by atoms with Crippen LogP contribution in [0.4, 0.5) is 16.0 Å². The molecule has 1 aliphatic rings. The Kier molecular flexibility index (Phi) is 4.86. The van der Waals surface area contributed by atoms with E-state index in [0.717, 1.165) is 15.9 Å². The molecule has 0 fully saturated rings. The number of hydrogen-bond donors (Lipinski definition) is 2. The zero-order valence-electron chi connectivity index (χ0n) is 16.1. The zero-order valence-corrected chi connectivity index (χ0v) is 16.9. The van der Waals surface area contributed by atoms with Gasteiger partial charge in [-0.3, -0.25) is 0 Å². The number of sulfonamides is 1. The summed E-state index contributed by atoms with van der Waals surface area (Å²) in [7, 11) is -0.849. The zero-order chi connectivity index (χ0) is 21.5. The fourth-order valence-corrected chi connectivity index (χ4v) is 4.24. The number of hydrogen-bond acceptors (Lipinski definition) is 9. The average Bonchev–Trinajstić information content (AvgIpc) is 2.72. The van der Waals surface area contributed by atoms with Crippen LogP contribution in [0.2, 0.25) is 0 Å². The monoisotopic (exact) mass is 431 g/mol. The molecule has 0 saturated carbocycles. The second-order valence-electron chi connectivity index (χ2n) is 6.57. The predicted octanol–water partition coefficient (Wildman–Crippen LogP) is 1.55. The summed E-state index contributed by atoms with van der Waals surface area (Å²) in [6.07, 6.45) is 4.14. The minimum Gasteiger partial charge on any atom is -0.495 e. The SMILES string of the molecule is COc1cnc2c(Nc3cc(C4CS(=O)(=O)N(C)C(N)=N4)c(F)cn3)nccc2c1. The second-order valence-corrected chi connectivity index (χ2v) is 8.62. The molecule has 3 N–H and O–H groups in total. The highest BCUT2D eigenvalue weighted by Crippen LogP contribution is 2.30. The van der Waals surface area contributed by atoms with Crippen LogP contribution >= 0.6 is 0 Å². The quantitative estimate of drug-likeness (QED) is 0.635. The molecule has 10 nitrogen and oxygen atoms in total. The molecular weight excluding hydrogens is 413 g/mol. The van der Waals surface area contributed by atoms with E-state index in [2.05, 4.69) is 25.3 Å². The fraction of sp³-hybridized carbons (Fsp3) is 0.222. The molecule has 0 amide bonds. The summed E-state index contributed by atoms with van der Waals surface area (Å²) in [5.41, 5.74) is 6.32. The molecule has 3 aromatic heterocycles.